The molecule has 2 rings (SSSR count). The van der Waals surface area contributed by atoms with E-state index < -0.39 is 0 Å². The van der Waals surface area contributed by atoms with E-state index in [0.717, 1.165) is 23.2 Å². The van der Waals surface area contributed by atoms with Crippen LogP contribution < -0.4 is 10.3 Å². The van der Waals surface area contributed by atoms with Crippen LogP contribution in [-0.4, -0.2) is 16.4 Å². The lowest BCUT2D eigenvalue weighted by molar-refractivity contribution is 0.357. The van der Waals surface area contributed by atoms with Gasteiger partial charge in [-0.15, -0.1) is 5.92 Å². The maximum atomic E-state index is 13.0. The van der Waals surface area contributed by atoms with Gasteiger partial charge in [-0.3, -0.25) is 4.79 Å². The van der Waals surface area contributed by atoms with E-state index in [9.17, 15) is 4.79 Å². The Morgan fingerprint density at radius 2 is 2.00 bits per heavy atom. The lowest BCUT2D eigenvalue weighted by Crippen LogP contribution is -2.27. The highest BCUT2D eigenvalue weighted by atomic mass is 16.5. The SMILES string of the molecule is CC#CCOc1c(CC(C)C)nn(CC)c(=O)c1-c1ccccc1C. The van der Waals surface area contributed by atoms with Gasteiger partial charge in [-0.25, -0.2) is 4.68 Å². The summed E-state index contributed by atoms with van der Waals surface area (Å²) in [6, 6.07) is 7.87. The average Bonchev–Trinajstić information content (AvgIpc) is 2.58. The predicted molar refractivity (Wildman–Crippen MR) is 102 cm³/mol. The van der Waals surface area contributed by atoms with Gasteiger partial charge in [0.2, 0.25) is 0 Å². The Morgan fingerprint density at radius 1 is 1.28 bits per heavy atom. The second kappa shape index (κ2) is 8.53. The molecule has 1 aromatic heterocycles. The zero-order chi connectivity index (χ0) is 18.4. The van der Waals surface area contributed by atoms with Gasteiger partial charge in [0, 0.05) is 6.54 Å². The van der Waals surface area contributed by atoms with Crippen LogP contribution in [0.15, 0.2) is 29.1 Å². The van der Waals surface area contributed by atoms with Crippen LogP contribution in [0.25, 0.3) is 11.1 Å². The number of rotatable bonds is 6. The van der Waals surface area contributed by atoms with Crippen molar-refractivity contribution >= 4 is 0 Å². The van der Waals surface area contributed by atoms with Gasteiger partial charge in [0.05, 0.1) is 5.56 Å². The Morgan fingerprint density at radius 3 is 2.60 bits per heavy atom. The van der Waals surface area contributed by atoms with Crippen LogP contribution in [0.2, 0.25) is 0 Å². The maximum Gasteiger partial charge on any atom is 0.278 e. The summed E-state index contributed by atoms with van der Waals surface area (Å²) in [7, 11) is 0. The molecule has 0 N–H and O–H groups in total. The fourth-order valence-electron chi connectivity index (χ4n) is 2.77. The molecule has 0 saturated carbocycles. The first-order chi connectivity index (χ1) is 12.0. The van der Waals surface area contributed by atoms with E-state index in [1.807, 2.05) is 38.1 Å². The van der Waals surface area contributed by atoms with E-state index in [1.54, 1.807) is 6.92 Å². The summed E-state index contributed by atoms with van der Waals surface area (Å²) >= 11 is 0. The molecule has 0 aliphatic rings. The highest BCUT2D eigenvalue weighted by Crippen LogP contribution is 2.32. The van der Waals surface area contributed by atoms with E-state index in [2.05, 4.69) is 30.8 Å². The van der Waals surface area contributed by atoms with E-state index in [0.29, 0.717) is 23.8 Å². The molecule has 0 atom stereocenters. The second-order valence-electron chi connectivity index (χ2n) is 6.40. The van der Waals surface area contributed by atoms with E-state index >= 15 is 0 Å². The molecule has 25 heavy (non-hydrogen) atoms. The lowest BCUT2D eigenvalue weighted by atomic mass is 9.98. The number of hydrogen-bond acceptors (Lipinski definition) is 3. The van der Waals surface area contributed by atoms with Gasteiger partial charge in [0.1, 0.15) is 12.3 Å². The van der Waals surface area contributed by atoms with Gasteiger partial charge in [0.15, 0.2) is 5.75 Å². The van der Waals surface area contributed by atoms with E-state index in [-0.39, 0.29) is 12.2 Å². The minimum absolute atomic E-state index is 0.122. The van der Waals surface area contributed by atoms with Crippen LogP contribution in [0.5, 0.6) is 5.75 Å². The van der Waals surface area contributed by atoms with Crippen molar-refractivity contribution < 1.29 is 4.74 Å². The fourth-order valence-corrected chi connectivity index (χ4v) is 2.77. The Kier molecular flexibility index (Phi) is 6.41. The molecule has 0 amide bonds. The minimum Gasteiger partial charge on any atom is -0.478 e. The highest BCUT2D eigenvalue weighted by molar-refractivity contribution is 5.73. The summed E-state index contributed by atoms with van der Waals surface area (Å²) in [5, 5.41) is 4.56. The standard InChI is InChI=1S/C21H26N2O2/c1-6-8-13-25-20-18(14-15(3)4)22-23(7-2)21(24)19(20)17-12-10-9-11-16(17)5/h9-12,15H,7,13-14H2,1-5H3. The summed E-state index contributed by atoms with van der Waals surface area (Å²) in [5.74, 6) is 6.71. The van der Waals surface area contributed by atoms with Crippen molar-refractivity contribution in [2.24, 2.45) is 5.92 Å². The van der Waals surface area contributed by atoms with E-state index in [1.165, 1.54) is 4.68 Å². The topological polar surface area (TPSA) is 44.1 Å². The fraction of sp³-hybridized carbons (Fsp3) is 0.429. The molecule has 4 heteroatoms. The molecule has 2 aromatic rings. The third-order valence-corrected chi connectivity index (χ3v) is 3.96. The molecule has 1 aromatic carbocycles. The largest absolute Gasteiger partial charge is 0.478 e. The summed E-state index contributed by atoms with van der Waals surface area (Å²) in [5.41, 5.74) is 3.21. The quantitative estimate of drug-likeness (QED) is 0.752. The molecule has 0 bridgehead atoms. The predicted octanol–water partition coefficient (Wildman–Crippen LogP) is 3.84. The minimum atomic E-state index is -0.122. The Bertz CT molecular complexity index is 854. The van der Waals surface area contributed by atoms with Crippen LogP contribution in [0.3, 0.4) is 0 Å². The smallest absolute Gasteiger partial charge is 0.278 e. The van der Waals surface area contributed by atoms with Gasteiger partial charge >= 0.3 is 0 Å². The molecule has 0 aliphatic heterocycles. The molecule has 0 unspecified atom stereocenters. The summed E-state index contributed by atoms with van der Waals surface area (Å²) in [4.78, 5) is 13.0. The number of benzene rings is 1. The molecule has 1 heterocycles. The van der Waals surface area contributed by atoms with Crippen molar-refractivity contribution in [2.45, 2.75) is 47.6 Å². The van der Waals surface area contributed by atoms with Crippen molar-refractivity contribution in [1.29, 1.82) is 0 Å². The molecule has 0 saturated heterocycles. The first-order valence-corrected chi connectivity index (χ1v) is 8.71. The third-order valence-electron chi connectivity index (χ3n) is 3.96. The second-order valence-corrected chi connectivity index (χ2v) is 6.40. The van der Waals surface area contributed by atoms with Crippen LogP contribution in [0, 0.1) is 24.7 Å². The number of hydrogen-bond donors (Lipinski definition) is 0. The first-order valence-electron chi connectivity index (χ1n) is 8.71. The average molecular weight is 338 g/mol. The van der Waals surface area contributed by atoms with Crippen molar-refractivity contribution in [3.63, 3.8) is 0 Å². The van der Waals surface area contributed by atoms with Crippen molar-refractivity contribution in [1.82, 2.24) is 9.78 Å². The van der Waals surface area contributed by atoms with Crippen molar-refractivity contribution in [3.05, 3.63) is 45.9 Å². The maximum absolute atomic E-state index is 13.0. The molecular formula is C21H26N2O2. The number of aryl methyl sites for hydroxylation is 2. The molecule has 0 radical (unpaired) electrons. The van der Waals surface area contributed by atoms with Gasteiger partial charge < -0.3 is 4.74 Å². The summed E-state index contributed by atoms with van der Waals surface area (Å²) in [6.45, 7) is 10.7. The molecular weight excluding hydrogens is 312 g/mol. The molecule has 0 spiro atoms. The molecule has 0 aliphatic carbocycles. The number of nitrogens with zero attached hydrogens (tertiary/aromatic N) is 2. The lowest BCUT2D eigenvalue weighted by Gasteiger charge is -2.18. The summed E-state index contributed by atoms with van der Waals surface area (Å²) in [6.07, 6.45) is 0.744. The van der Waals surface area contributed by atoms with Gasteiger partial charge in [0.25, 0.3) is 5.56 Å². The zero-order valence-electron chi connectivity index (χ0n) is 15.7. The molecule has 0 fully saturated rings. The summed E-state index contributed by atoms with van der Waals surface area (Å²) < 4.78 is 7.48. The van der Waals surface area contributed by atoms with Crippen LogP contribution in [-0.2, 0) is 13.0 Å². The zero-order valence-corrected chi connectivity index (χ0v) is 15.7. The first kappa shape index (κ1) is 18.8. The van der Waals surface area contributed by atoms with Crippen LogP contribution in [0.4, 0.5) is 0 Å². The third kappa shape index (κ3) is 4.30. The monoisotopic (exact) mass is 338 g/mol. The van der Waals surface area contributed by atoms with Gasteiger partial charge in [-0.05, 0) is 44.2 Å². The Hall–Kier alpha value is -2.54. The number of aromatic nitrogens is 2. The van der Waals surface area contributed by atoms with Crippen molar-refractivity contribution in [3.8, 4) is 28.7 Å². The van der Waals surface area contributed by atoms with Gasteiger partial charge in [-0.2, -0.15) is 5.10 Å². The Balaban J connectivity index is 2.77. The van der Waals surface area contributed by atoms with Crippen LogP contribution >= 0.6 is 0 Å². The normalized spacial score (nSPS) is 10.5. The van der Waals surface area contributed by atoms with Crippen LogP contribution in [0.1, 0.15) is 39.0 Å². The van der Waals surface area contributed by atoms with Gasteiger partial charge in [-0.1, -0.05) is 44.0 Å². The highest BCUT2D eigenvalue weighted by Gasteiger charge is 2.21. The van der Waals surface area contributed by atoms with Crippen molar-refractivity contribution in [2.75, 3.05) is 6.61 Å². The molecule has 132 valence electrons. The van der Waals surface area contributed by atoms with E-state index in [4.69, 9.17) is 4.74 Å². The Labute approximate surface area is 149 Å². The number of ether oxygens (including phenoxy) is 1. The molecule has 4 nitrogen and oxygen atoms in total.